The van der Waals surface area contributed by atoms with Crippen LogP contribution in [0.25, 0.3) is 0 Å². The Labute approximate surface area is 108 Å². The van der Waals surface area contributed by atoms with E-state index in [1.165, 1.54) is 0 Å². The molecule has 2 rings (SSSR count). The number of benzene rings is 1. The Hall–Kier alpha value is -1.26. The predicted molar refractivity (Wildman–Crippen MR) is 69.7 cm³/mol. The number of nitrogens with one attached hydrogen (secondary N) is 1. The lowest BCUT2D eigenvalue weighted by Crippen LogP contribution is -2.29. The van der Waals surface area contributed by atoms with Crippen molar-refractivity contribution in [1.82, 2.24) is 5.32 Å². The van der Waals surface area contributed by atoms with Crippen LogP contribution in [0.4, 0.5) is 0 Å². The largest absolute Gasteiger partial charge is 0.507 e. The van der Waals surface area contributed by atoms with Gasteiger partial charge in [-0.15, -0.1) is 0 Å². The third-order valence-corrected chi connectivity index (χ3v) is 3.55. The molecule has 0 amide bonds. The molecule has 1 aliphatic heterocycles. The van der Waals surface area contributed by atoms with Gasteiger partial charge in [0.15, 0.2) is 0 Å². The van der Waals surface area contributed by atoms with Gasteiger partial charge in [-0.25, -0.2) is 0 Å². The fourth-order valence-corrected chi connectivity index (χ4v) is 2.38. The van der Waals surface area contributed by atoms with Crippen LogP contribution in [-0.2, 0) is 4.74 Å². The molecule has 0 radical (unpaired) electrons. The fourth-order valence-electron chi connectivity index (χ4n) is 2.38. The van der Waals surface area contributed by atoms with Crippen molar-refractivity contribution in [3.8, 4) is 11.5 Å². The monoisotopic (exact) mass is 251 g/mol. The third-order valence-electron chi connectivity index (χ3n) is 3.55. The van der Waals surface area contributed by atoms with E-state index in [0.29, 0.717) is 11.5 Å². The standard InChI is InChI=1S/C14H21NO3/c1-10(14-12(16)3-2-4-13(14)17)15-9-11-5-7-18-8-6-11/h2-4,10-11,15-17H,5-9H2,1H3. The number of phenols is 2. The van der Waals surface area contributed by atoms with Crippen LogP contribution in [0.5, 0.6) is 11.5 Å². The van der Waals surface area contributed by atoms with Crippen molar-refractivity contribution in [3.63, 3.8) is 0 Å². The van der Waals surface area contributed by atoms with E-state index >= 15 is 0 Å². The van der Waals surface area contributed by atoms with Crippen LogP contribution in [-0.4, -0.2) is 30.0 Å². The topological polar surface area (TPSA) is 61.7 Å². The summed E-state index contributed by atoms with van der Waals surface area (Å²) >= 11 is 0. The molecule has 0 aliphatic carbocycles. The summed E-state index contributed by atoms with van der Waals surface area (Å²) in [6.45, 7) is 4.51. The number of phenolic OH excluding ortho intramolecular Hbond substituents is 2. The summed E-state index contributed by atoms with van der Waals surface area (Å²) in [7, 11) is 0. The first-order chi connectivity index (χ1) is 8.68. The minimum atomic E-state index is -0.0611. The van der Waals surface area contributed by atoms with Crippen LogP contribution in [0.3, 0.4) is 0 Å². The molecule has 1 fully saturated rings. The average Bonchev–Trinajstić information content (AvgIpc) is 2.37. The van der Waals surface area contributed by atoms with Gasteiger partial charge in [0.2, 0.25) is 0 Å². The summed E-state index contributed by atoms with van der Waals surface area (Å²) < 4.78 is 5.32. The number of rotatable bonds is 4. The SMILES string of the molecule is CC(NCC1CCOCC1)c1c(O)cccc1O. The molecule has 0 aromatic heterocycles. The molecule has 1 aromatic carbocycles. The van der Waals surface area contributed by atoms with Gasteiger partial charge in [0.1, 0.15) is 11.5 Å². The Bertz CT molecular complexity index is 368. The Morgan fingerprint density at radius 3 is 2.50 bits per heavy atom. The van der Waals surface area contributed by atoms with Crippen molar-refractivity contribution >= 4 is 0 Å². The Morgan fingerprint density at radius 2 is 1.89 bits per heavy atom. The average molecular weight is 251 g/mol. The molecule has 1 atom stereocenters. The van der Waals surface area contributed by atoms with E-state index in [0.717, 1.165) is 32.6 Å². The summed E-state index contributed by atoms with van der Waals surface area (Å²) in [4.78, 5) is 0. The highest BCUT2D eigenvalue weighted by molar-refractivity contribution is 5.44. The Kier molecular flexibility index (Phi) is 4.44. The maximum absolute atomic E-state index is 9.78. The van der Waals surface area contributed by atoms with Gasteiger partial charge < -0.3 is 20.3 Å². The van der Waals surface area contributed by atoms with E-state index in [1.807, 2.05) is 6.92 Å². The number of hydrogen-bond donors (Lipinski definition) is 3. The molecule has 1 heterocycles. The number of ether oxygens (including phenoxy) is 1. The molecule has 0 spiro atoms. The van der Waals surface area contributed by atoms with Gasteiger partial charge >= 0.3 is 0 Å². The minimum Gasteiger partial charge on any atom is -0.507 e. The van der Waals surface area contributed by atoms with E-state index < -0.39 is 0 Å². The van der Waals surface area contributed by atoms with E-state index in [-0.39, 0.29) is 17.5 Å². The smallest absolute Gasteiger partial charge is 0.124 e. The first-order valence-corrected chi connectivity index (χ1v) is 6.50. The molecule has 3 N–H and O–H groups in total. The van der Waals surface area contributed by atoms with E-state index in [9.17, 15) is 10.2 Å². The molecular formula is C14H21NO3. The molecule has 1 aromatic rings. The second-order valence-corrected chi connectivity index (χ2v) is 4.90. The van der Waals surface area contributed by atoms with Gasteiger partial charge in [-0.05, 0) is 44.4 Å². The zero-order chi connectivity index (χ0) is 13.0. The number of aromatic hydroxyl groups is 2. The molecule has 4 heteroatoms. The summed E-state index contributed by atoms with van der Waals surface area (Å²) in [6, 6.07) is 4.77. The summed E-state index contributed by atoms with van der Waals surface area (Å²) in [5, 5.41) is 22.9. The molecule has 4 nitrogen and oxygen atoms in total. The Morgan fingerprint density at radius 1 is 1.28 bits per heavy atom. The van der Waals surface area contributed by atoms with E-state index in [4.69, 9.17) is 4.74 Å². The van der Waals surface area contributed by atoms with Crippen molar-refractivity contribution in [2.75, 3.05) is 19.8 Å². The van der Waals surface area contributed by atoms with Gasteiger partial charge in [0.05, 0.1) is 5.56 Å². The third kappa shape index (κ3) is 3.15. The molecule has 1 aliphatic rings. The van der Waals surface area contributed by atoms with Crippen LogP contribution in [0.2, 0.25) is 0 Å². The van der Waals surface area contributed by atoms with E-state index in [2.05, 4.69) is 5.32 Å². The predicted octanol–water partition coefficient (Wildman–Crippen LogP) is 2.18. The lowest BCUT2D eigenvalue weighted by Gasteiger charge is -2.25. The molecule has 18 heavy (non-hydrogen) atoms. The highest BCUT2D eigenvalue weighted by Gasteiger charge is 2.18. The molecule has 1 saturated heterocycles. The van der Waals surface area contributed by atoms with Crippen molar-refractivity contribution in [2.45, 2.75) is 25.8 Å². The Balaban J connectivity index is 1.92. The second-order valence-electron chi connectivity index (χ2n) is 4.90. The van der Waals surface area contributed by atoms with Gasteiger partial charge in [-0.3, -0.25) is 0 Å². The van der Waals surface area contributed by atoms with Crippen molar-refractivity contribution in [1.29, 1.82) is 0 Å². The maximum Gasteiger partial charge on any atom is 0.124 e. The highest BCUT2D eigenvalue weighted by atomic mass is 16.5. The first kappa shape index (κ1) is 13.2. The first-order valence-electron chi connectivity index (χ1n) is 6.50. The highest BCUT2D eigenvalue weighted by Crippen LogP contribution is 2.32. The van der Waals surface area contributed by atoms with Gasteiger partial charge in [-0.1, -0.05) is 6.07 Å². The van der Waals surface area contributed by atoms with Crippen LogP contribution in [0, 0.1) is 5.92 Å². The molecular weight excluding hydrogens is 230 g/mol. The summed E-state index contributed by atoms with van der Waals surface area (Å²) in [6.07, 6.45) is 2.15. The van der Waals surface area contributed by atoms with Crippen molar-refractivity contribution < 1.29 is 14.9 Å². The van der Waals surface area contributed by atoms with Crippen LogP contribution in [0.1, 0.15) is 31.4 Å². The number of hydrogen-bond acceptors (Lipinski definition) is 4. The van der Waals surface area contributed by atoms with E-state index in [1.54, 1.807) is 18.2 Å². The molecule has 1 unspecified atom stereocenters. The molecule has 0 saturated carbocycles. The summed E-state index contributed by atoms with van der Waals surface area (Å²) in [5.74, 6) is 0.901. The minimum absolute atomic E-state index is 0.0611. The zero-order valence-corrected chi connectivity index (χ0v) is 10.7. The lowest BCUT2D eigenvalue weighted by molar-refractivity contribution is 0.0655. The van der Waals surface area contributed by atoms with Gasteiger partial charge in [0, 0.05) is 19.3 Å². The fraction of sp³-hybridized carbons (Fsp3) is 0.571. The van der Waals surface area contributed by atoms with Crippen molar-refractivity contribution in [3.05, 3.63) is 23.8 Å². The second kappa shape index (κ2) is 6.07. The van der Waals surface area contributed by atoms with Gasteiger partial charge in [-0.2, -0.15) is 0 Å². The quantitative estimate of drug-likeness (QED) is 0.767. The van der Waals surface area contributed by atoms with Crippen LogP contribution < -0.4 is 5.32 Å². The lowest BCUT2D eigenvalue weighted by atomic mass is 9.99. The van der Waals surface area contributed by atoms with Crippen LogP contribution in [0.15, 0.2) is 18.2 Å². The van der Waals surface area contributed by atoms with Crippen LogP contribution >= 0.6 is 0 Å². The van der Waals surface area contributed by atoms with Crippen molar-refractivity contribution in [2.24, 2.45) is 5.92 Å². The summed E-state index contributed by atoms with van der Waals surface area (Å²) in [5.41, 5.74) is 0.574. The normalized spacial score (nSPS) is 18.7. The maximum atomic E-state index is 9.78. The molecule has 0 bridgehead atoms. The zero-order valence-electron chi connectivity index (χ0n) is 10.7. The molecule has 100 valence electrons. The van der Waals surface area contributed by atoms with Gasteiger partial charge in [0.25, 0.3) is 0 Å².